The van der Waals surface area contributed by atoms with Crippen molar-refractivity contribution in [2.24, 2.45) is 0 Å². The number of ether oxygens (including phenoxy) is 1. The number of nitrogens with zero attached hydrogens (tertiary/aromatic N) is 3. The van der Waals surface area contributed by atoms with Crippen molar-refractivity contribution in [1.82, 2.24) is 9.88 Å². The van der Waals surface area contributed by atoms with E-state index in [1.54, 1.807) is 18.7 Å². The van der Waals surface area contributed by atoms with Gasteiger partial charge in [0.2, 0.25) is 0 Å². The van der Waals surface area contributed by atoms with Crippen LogP contribution in [0.2, 0.25) is 0 Å². The molecule has 1 saturated heterocycles. The highest BCUT2D eigenvalue weighted by atomic mass is 16.6. The van der Waals surface area contributed by atoms with E-state index in [9.17, 15) is 14.9 Å². The van der Waals surface area contributed by atoms with Crippen molar-refractivity contribution in [2.45, 2.75) is 32.7 Å². The van der Waals surface area contributed by atoms with Gasteiger partial charge in [0.25, 0.3) is 5.69 Å². The number of rotatable bonds is 4. The number of hydrogen-bond acceptors (Lipinski definition) is 6. The first-order valence-electron chi connectivity index (χ1n) is 7.30. The van der Waals surface area contributed by atoms with Crippen molar-refractivity contribution in [3.8, 4) is 0 Å². The monoisotopic (exact) mass is 308 g/mol. The molecule has 0 aromatic carbocycles. The van der Waals surface area contributed by atoms with Crippen molar-refractivity contribution in [3.05, 3.63) is 27.9 Å². The Balaban J connectivity index is 1.91. The molecular formula is C14H20N4O4. The van der Waals surface area contributed by atoms with E-state index < -0.39 is 4.92 Å². The molecule has 0 unspecified atom stereocenters. The summed E-state index contributed by atoms with van der Waals surface area (Å²) in [5.74, 6) is 0.653. The zero-order valence-electron chi connectivity index (χ0n) is 12.7. The van der Waals surface area contributed by atoms with Crippen LogP contribution < -0.4 is 5.32 Å². The molecule has 1 aliphatic rings. The predicted molar refractivity (Wildman–Crippen MR) is 80.9 cm³/mol. The fourth-order valence-electron chi connectivity index (χ4n) is 2.43. The van der Waals surface area contributed by atoms with Crippen LogP contribution in [-0.2, 0) is 4.74 Å². The Morgan fingerprint density at radius 2 is 2.23 bits per heavy atom. The normalized spacial score (nSPS) is 15.5. The SMILES string of the molecule is CCOC(=O)N1CCC(Nc2ncc([N+](=O)[O-])cc2C)CC1. The maximum absolute atomic E-state index is 11.6. The van der Waals surface area contributed by atoms with Crippen LogP contribution in [0.3, 0.4) is 0 Å². The number of carbonyl (C=O) groups excluding carboxylic acids is 1. The zero-order chi connectivity index (χ0) is 16.1. The Bertz CT molecular complexity index is 556. The molecule has 1 aliphatic heterocycles. The van der Waals surface area contributed by atoms with Crippen LogP contribution >= 0.6 is 0 Å². The second kappa shape index (κ2) is 7.06. The predicted octanol–water partition coefficient (Wildman–Crippen LogP) is 2.33. The topological polar surface area (TPSA) is 97.6 Å². The summed E-state index contributed by atoms with van der Waals surface area (Å²) in [7, 11) is 0. The van der Waals surface area contributed by atoms with E-state index in [1.807, 2.05) is 0 Å². The number of nitrogens with one attached hydrogen (secondary N) is 1. The summed E-state index contributed by atoms with van der Waals surface area (Å²) in [6.45, 7) is 5.21. The van der Waals surface area contributed by atoms with Crippen LogP contribution in [0.1, 0.15) is 25.3 Å². The van der Waals surface area contributed by atoms with Gasteiger partial charge in [-0.3, -0.25) is 10.1 Å². The number of pyridine rings is 1. The molecule has 8 heteroatoms. The first-order chi connectivity index (χ1) is 10.5. The molecule has 1 aromatic rings. The minimum Gasteiger partial charge on any atom is -0.450 e. The molecule has 2 rings (SSSR count). The van der Waals surface area contributed by atoms with E-state index in [0.29, 0.717) is 25.5 Å². The Morgan fingerprint density at radius 1 is 1.55 bits per heavy atom. The summed E-state index contributed by atoms with van der Waals surface area (Å²) in [5, 5.41) is 14.0. The fraction of sp³-hybridized carbons (Fsp3) is 0.571. The van der Waals surface area contributed by atoms with E-state index in [0.717, 1.165) is 18.4 Å². The average molecular weight is 308 g/mol. The van der Waals surface area contributed by atoms with E-state index in [-0.39, 0.29) is 17.8 Å². The summed E-state index contributed by atoms with van der Waals surface area (Å²) < 4.78 is 4.98. The summed E-state index contributed by atoms with van der Waals surface area (Å²) in [5.41, 5.74) is 0.724. The van der Waals surface area contributed by atoms with E-state index in [2.05, 4.69) is 10.3 Å². The van der Waals surface area contributed by atoms with Crippen molar-refractivity contribution in [3.63, 3.8) is 0 Å². The highest BCUT2D eigenvalue weighted by Crippen LogP contribution is 2.21. The molecule has 0 spiro atoms. The first-order valence-corrected chi connectivity index (χ1v) is 7.30. The number of aromatic nitrogens is 1. The van der Waals surface area contributed by atoms with Crippen molar-refractivity contribution < 1.29 is 14.5 Å². The van der Waals surface area contributed by atoms with Gasteiger partial charge in [-0.05, 0) is 32.3 Å². The lowest BCUT2D eigenvalue weighted by molar-refractivity contribution is -0.385. The number of aryl methyl sites for hydroxylation is 1. The number of piperidine rings is 1. The molecule has 0 atom stereocenters. The van der Waals surface area contributed by atoms with E-state index in [4.69, 9.17) is 4.74 Å². The standard InChI is InChI=1S/C14H20N4O4/c1-3-22-14(19)17-6-4-11(5-7-17)16-13-10(2)8-12(9-15-13)18(20)21/h8-9,11H,3-7H2,1-2H3,(H,15,16). The van der Waals surface area contributed by atoms with Gasteiger partial charge in [-0.2, -0.15) is 0 Å². The molecule has 1 aromatic heterocycles. The smallest absolute Gasteiger partial charge is 0.409 e. The highest BCUT2D eigenvalue weighted by Gasteiger charge is 2.24. The van der Waals surface area contributed by atoms with Crippen LogP contribution in [0.4, 0.5) is 16.3 Å². The van der Waals surface area contributed by atoms with Crippen LogP contribution in [0.5, 0.6) is 0 Å². The first kappa shape index (κ1) is 16.0. The average Bonchev–Trinajstić information content (AvgIpc) is 2.50. The number of nitro groups is 1. The summed E-state index contributed by atoms with van der Waals surface area (Å²) in [4.78, 5) is 27.7. The van der Waals surface area contributed by atoms with Crippen LogP contribution in [0.25, 0.3) is 0 Å². The van der Waals surface area contributed by atoms with Gasteiger partial charge in [0.15, 0.2) is 0 Å². The van der Waals surface area contributed by atoms with Crippen molar-refractivity contribution in [2.75, 3.05) is 25.0 Å². The molecule has 0 aliphatic carbocycles. The lowest BCUT2D eigenvalue weighted by atomic mass is 10.1. The number of amides is 1. The quantitative estimate of drug-likeness (QED) is 0.677. The molecule has 22 heavy (non-hydrogen) atoms. The third-order valence-corrected chi connectivity index (χ3v) is 3.64. The third kappa shape index (κ3) is 3.84. The fourth-order valence-corrected chi connectivity index (χ4v) is 2.43. The van der Waals surface area contributed by atoms with Crippen LogP contribution in [0, 0.1) is 17.0 Å². The number of likely N-dealkylation sites (tertiary alicyclic amines) is 1. The number of hydrogen-bond donors (Lipinski definition) is 1. The summed E-state index contributed by atoms with van der Waals surface area (Å²) in [6, 6.07) is 1.70. The van der Waals surface area contributed by atoms with Crippen molar-refractivity contribution in [1.29, 1.82) is 0 Å². The van der Waals surface area contributed by atoms with Crippen molar-refractivity contribution >= 4 is 17.6 Å². The molecule has 0 saturated carbocycles. The van der Waals surface area contributed by atoms with Gasteiger partial charge in [-0.25, -0.2) is 9.78 Å². The number of carbonyl (C=O) groups is 1. The number of anilines is 1. The molecule has 120 valence electrons. The van der Waals surface area contributed by atoms with Gasteiger partial charge >= 0.3 is 6.09 Å². The minimum atomic E-state index is -0.457. The van der Waals surface area contributed by atoms with E-state index >= 15 is 0 Å². The lowest BCUT2D eigenvalue weighted by Gasteiger charge is -2.32. The lowest BCUT2D eigenvalue weighted by Crippen LogP contribution is -2.42. The summed E-state index contributed by atoms with van der Waals surface area (Å²) >= 11 is 0. The largest absolute Gasteiger partial charge is 0.450 e. The van der Waals surface area contributed by atoms with Gasteiger partial charge in [-0.15, -0.1) is 0 Å². The second-order valence-electron chi connectivity index (χ2n) is 5.22. The molecule has 2 heterocycles. The van der Waals surface area contributed by atoms with E-state index in [1.165, 1.54) is 12.3 Å². The maximum Gasteiger partial charge on any atom is 0.409 e. The maximum atomic E-state index is 11.6. The molecule has 0 bridgehead atoms. The Hall–Kier alpha value is -2.38. The van der Waals surface area contributed by atoms with Gasteiger partial charge in [-0.1, -0.05) is 0 Å². The zero-order valence-corrected chi connectivity index (χ0v) is 12.7. The minimum absolute atomic E-state index is 0.0137. The third-order valence-electron chi connectivity index (χ3n) is 3.64. The molecule has 1 N–H and O–H groups in total. The van der Waals surface area contributed by atoms with Gasteiger partial charge < -0.3 is 15.0 Å². The highest BCUT2D eigenvalue weighted by molar-refractivity contribution is 5.67. The van der Waals surface area contributed by atoms with Gasteiger partial charge in [0, 0.05) is 25.2 Å². The second-order valence-corrected chi connectivity index (χ2v) is 5.22. The molecule has 0 radical (unpaired) electrons. The summed E-state index contributed by atoms with van der Waals surface area (Å²) in [6.07, 6.45) is 2.56. The van der Waals surface area contributed by atoms with Gasteiger partial charge in [0.05, 0.1) is 11.5 Å². The molecule has 1 fully saturated rings. The molecule has 1 amide bonds. The van der Waals surface area contributed by atoms with Crippen LogP contribution in [-0.4, -0.2) is 46.6 Å². The molecule has 8 nitrogen and oxygen atoms in total. The van der Waals surface area contributed by atoms with Gasteiger partial charge in [0.1, 0.15) is 12.0 Å². The Morgan fingerprint density at radius 3 is 2.77 bits per heavy atom. The Kier molecular flexibility index (Phi) is 5.13. The Labute approximate surface area is 128 Å². The molecular weight excluding hydrogens is 288 g/mol. The van der Waals surface area contributed by atoms with Crippen LogP contribution in [0.15, 0.2) is 12.3 Å².